The van der Waals surface area contributed by atoms with Crippen molar-refractivity contribution in [3.8, 4) is 0 Å². The van der Waals surface area contributed by atoms with Crippen molar-refractivity contribution < 1.29 is 0 Å². The largest absolute Gasteiger partial charge is 0.384 e. The first-order valence-corrected chi connectivity index (χ1v) is 3.75. The smallest absolute Gasteiger partial charge is 0.123 e. The van der Waals surface area contributed by atoms with Crippen LogP contribution in [0.4, 0.5) is 5.82 Å². The normalized spacial score (nSPS) is 12.5. The first kappa shape index (κ1) is 8.74. The van der Waals surface area contributed by atoms with Crippen LogP contribution in [-0.4, -0.2) is 4.98 Å². The van der Waals surface area contributed by atoms with Gasteiger partial charge in [-0.2, -0.15) is 0 Å². The summed E-state index contributed by atoms with van der Waals surface area (Å²) in [4.78, 5) is 3.96. The molecule has 0 aliphatic carbocycles. The van der Waals surface area contributed by atoms with Crippen LogP contribution in [0.2, 0.25) is 0 Å². The van der Waals surface area contributed by atoms with Crippen LogP contribution in [0, 0.1) is 6.92 Å². The topological polar surface area (TPSA) is 64.9 Å². The summed E-state index contributed by atoms with van der Waals surface area (Å²) in [5.41, 5.74) is 13.3. The highest BCUT2D eigenvalue weighted by molar-refractivity contribution is 5.38. The van der Waals surface area contributed by atoms with Gasteiger partial charge in [-0.1, -0.05) is 6.08 Å². The quantitative estimate of drug-likeness (QED) is 0.643. The molecule has 0 bridgehead atoms. The van der Waals surface area contributed by atoms with E-state index in [9.17, 15) is 0 Å². The monoisotopic (exact) mass is 163 g/mol. The molecule has 64 valence electrons. The molecule has 1 aromatic heterocycles. The lowest BCUT2D eigenvalue weighted by Gasteiger charge is -2.09. The fourth-order valence-corrected chi connectivity index (χ4v) is 1.06. The highest BCUT2D eigenvalue weighted by atomic mass is 14.8. The van der Waals surface area contributed by atoms with Crippen LogP contribution >= 0.6 is 0 Å². The van der Waals surface area contributed by atoms with Crippen LogP contribution in [0.5, 0.6) is 0 Å². The zero-order valence-corrected chi connectivity index (χ0v) is 7.12. The molecule has 0 saturated carbocycles. The summed E-state index contributed by atoms with van der Waals surface area (Å²) in [7, 11) is 0. The van der Waals surface area contributed by atoms with E-state index in [0.717, 1.165) is 11.1 Å². The maximum Gasteiger partial charge on any atom is 0.123 e. The van der Waals surface area contributed by atoms with Gasteiger partial charge >= 0.3 is 0 Å². The van der Waals surface area contributed by atoms with Gasteiger partial charge in [-0.25, -0.2) is 4.98 Å². The number of aryl methyl sites for hydroxylation is 1. The van der Waals surface area contributed by atoms with E-state index in [1.54, 1.807) is 18.3 Å². The number of hydrogen-bond donors (Lipinski definition) is 2. The SMILES string of the molecule is C=CC(N)c1cnc(N)cc1C. The second-order valence-electron chi connectivity index (χ2n) is 2.73. The highest BCUT2D eigenvalue weighted by Crippen LogP contribution is 2.16. The second-order valence-corrected chi connectivity index (χ2v) is 2.73. The summed E-state index contributed by atoms with van der Waals surface area (Å²) < 4.78 is 0. The molecule has 1 atom stereocenters. The summed E-state index contributed by atoms with van der Waals surface area (Å²) in [6, 6.07) is 1.65. The summed E-state index contributed by atoms with van der Waals surface area (Å²) in [5.74, 6) is 0.521. The van der Waals surface area contributed by atoms with E-state index < -0.39 is 0 Å². The average molecular weight is 163 g/mol. The van der Waals surface area contributed by atoms with E-state index in [-0.39, 0.29) is 6.04 Å². The van der Waals surface area contributed by atoms with Gasteiger partial charge in [0.15, 0.2) is 0 Å². The van der Waals surface area contributed by atoms with Crippen molar-refractivity contribution in [2.24, 2.45) is 5.73 Å². The zero-order valence-electron chi connectivity index (χ0n) is 7.12. The molecule has 1 rings (SSSR count). The van der Waals surface area contributed by atoms with E-state index in [0.29, 0.717) is 5.82 Å². The standard InChI is InChI=1S/C9H13N3/c1-3-8(10)7-5-12-9(11)4-6(7)2/h3-5,8H,1,10H2,2H3,(H2,11,12). The molecule has 4 N–H and O–H groups in total. The van der Waals surface area contributed by atoms with Gasteiger partial charge in [0, 0.05) is 12.2 Å². The number of rotatable bonds is 2. The molecule has 0 aromatic carbocycles. The Bertz CT molecular complexity index is 294. The molecular formula is C9H13N3. The van der Waals surface area contributed by atoms with Gasteiger partial charge in [0.2, 0.25) is 0 Å². The van der Waals surface area contributed by atoms with E-state index in [1.807, 2.05) is 6.92 Å². The van der Waals surface area contributed by atoms with Crippen LogP contribution in [0.3, 0.4) is 0 Å². The third kappa shape index (κ3) is 1.62. The second kappa shape index (κ2) is 3.36. The third-order valence-corrected chi connectivity index (χ3v) is 1.79. The minimum absolute atomic E-state index is 0.155. The first-order chi connectivity index (χ1) is 5.65. The number of nitrogens with zero attached hydrogens (tertiary/aromatic N) is 1. The Labute approximate surface area is 72.1 Å². The number of pyridine rings is 1. The molecule has 0 saturated heterocycles. The van der Waals surface area contributed by atoms with Gasteiger partial charge < -0.3 is 11.5 Å². The summed E-state index contributed by atoms with van der Waals surface area (Å²) in [6.45, 7) is 5.57. The molecule has 0 spiro atoms. The molecule has 0 fully saturated rings. The first-order valence-electron chi connectivity index (χ1n) is 3.75. The van der Waals surface area contributed by atoms with Crippen molar-refractivity contribution in [2.75, 3.05) is 5.73 Å². The Morgan fingerprint density at radius 3 is 2.83 bits per heavy atom. The maximum absolute atomic E-state index is 5.75. The molecule has 3 heteroatoms. The molecule has 1 heterocycles. The van der Waals surface area contributed by atoms with E-state index in [2.05, 4.69) is 11.6 Å². The Kier molecular flexibility index (Phi) is 2.45. The maximum atomic E-state index is 5.75. The van der Waals surface area contributed by atoms with Crippen molar-refractivity contribution in [1.82, 2.24) is 4.98 Å². The van der Waals surface area contributed by atoms with Gasteiger partial charge in [0.25, 0.3) is 0 Å². The van der Waals surface area contributed by atoms with Gasteiger partial charge in [0.1, 0.15) is 5.82 Å². The van der Waals surface area contributed by atoms with E-state index in [4.69, 9.17) is 11.5 Å². The molecule has 12 heavy (non-hydrogen) atoms. The van der Waals surface area contributed by atoms with E-state index >= 15 is 0 Å². The molecular weight excluding hydrogens is 150 g/mol. The molecule has 1 aromatic rings. The Morgan fingerprint density at radius 2 is 2.33 bits per heavy atom. The predicted molar refractivity (Wildman–Crippen MR) is 50.5 cm³/mol. The number of nitrogen functional groups attached to an aromatic ring is 1. The molecule has 0 aliphatic heterocycles. The fourth-order valence-electron chi connectivity index (χ4n) is 1.06. The lowest BCUT2D eigenvalue weighted by molar-refractivity contribution is 0.892. The van der Waals surface area contributed by atoms with Crippen molar-refractivity contribution in [1.29, 1.82) is 0 Å². The number of aromatic nitrogens is 1. The molecule has 0 radical (unpaired) electrons. The lowest BCUT2D eigenvalue weighted by Crippen LogP contribution is -2.09. The van der Waals surface area contributed by atoms with Crippen LogP contribution in [0.15, 0.2) is 24.9 Å². The van der Waals surface area contributed by atoms with Gasteiger partial charge in [-0.05, 0) is 24.1 Å². The lowest BCUT2D eigenvalue weighted by atomic mass is 10.1. The zero-order chi connectivity index (χ0) is 9.14. The number of hydrogen-bond acceptors (Lipinski definition) is 3. The molecule has 1 unspecified atom stereocenters. The van der Waals surface area contributed by atoms with Crippen molar-refractivity contribution in [2.45, 2.75) is 13.0 Å². The van der Waals surface area contributed by atoms with Crippen molar-refractivity contribution in [3.63, 3.8) is 0 Å². The van der Waals surface area contributed by atoms with Crippen molar-refractivity contribution in [3.05, 3.63) is 36.0 Å². The van der Waals surface area contributed by atoms with Gasteiger partial charge in [0.05, 0.1) is 0 Å². The van der Waals surface area contributed by atoms with Crippen LogP contribution < -0.4 is 11.5 Å². The van der Waals surface area contributed by atoms with Gasteiger partial charge in [-0.3, -0.25) is 0 Å². The Morgan fingerprint density at radius 1 is 1.67 bits per heavy atom. The van der Waals surface area contributed by atoms with Crippen LogP contribution in [0.25, 0.3) is 0 Å². The van der Waals surface area contributed by atoms with Crippen LogP contribution in [-0.2, 0) is 0 Å². The Balaban J connectivity index is 3.09. The minimum Gasteiger partial charge on any atom is -0.384 e. The van der Waals surface area contributed by atoms with Crippen molar-refractivity contribution >= 4 is 5.82 Å². The summed E-state index contributed by atoms with van der Waals surface area (Å²) >= 11 is 0. The predicted octanol–water partition coefficient (Wildman–Crippen LogP) is 1.16. The molecule has 3 nitrogen and oxygen atoms in total. The molecule has 0 aliphatic rings. The molecule has 0 amide bonds. The third-order valence-electron chi connectivity index (χ3n) is 1.79. The van der Waals surface area contributed by atoms with E-state index in [1.165, 1.54) is 0 Å². The number of anilines is 1. The minimum atomic E-state index is -0.155. The fraction of sp³-hybridized carbons (Fsp3) is 0.222. The van der Waals surface area contributed by atoms with Gasteiger partial charge in [-0.15, -0.1) is 6.58 Å². The van der Waals surface area contributed by atoms with Crippen LogP contribution in [0.1, 0.15) is 17.2 Å². The summed E-state index contributed by atoms with van der Waals surface area (Å²) in [6.07, 6.45) is 3.37. The highest BCUT2D eigenvalue weighted by Gasteiger charge is 2.04. The number of nitrogens with two attached hydrogens (primary N) is 2. The summed E-state index contributed by atoms with van der Waals surface area (Å²) in [5, 5.41) is 0. The Hall–Kier alpha value is -1.35. The average Bonchev–Trinajstić information content (AvgIpc) is 2.03.